The van der Waals surface area contributed by atoms with E-state index in [1.165, 1.54) is 0 Å². The van der Waals surface area contributed by atoms with Gasteiger partial charge in [-0.15, -0.1) is 11.6 Å². The molecule has 14 heavy (non-hydrogen) atoms. The Morgan fingerprint density at radius 2 is 2.07 bits per heavy atom. The van der Waals surface area contributed by atoms with Gasteiger partial charge in [0, 0.05) is 5.88 Å². The first-order valence-electron chi connectivity index (χ1n) is 4.13. The molecule has 0 aromatic carbocycles. The summed E-state index contributed by atoms with van der Waals surface area (Å²) in [5.74, 6) is -1.03. The average molecular weight is 223 g/mol. The molecule has 1 atom stereocenters. The molecule has 2 amide bonds. The van der Waals surface area contributed by atoms with E-state index in [4.69, 9.17) is 22.4 Å². The molecule has 0 aromatic rings. The Kier molecular flexibility index (Phi) is 4.87. The van der Waals surface area contributed by atoms with Gasteiger partial charge in [-0.1, -0.05) is 0 Å². The smallest absolute Gasteiger partial charge is 0.248 e. The number of nitrogens with two attached hydrogens (primary N) is 1. The van der Waals surface area contributed by atoms with E-state index in [0.29, 0.717) is 0 Å². The Morgan fingerprint density at radius 3 is 2.43 bits per heavy atom. The van der Waals surface area contributed by atoms with Crippen molar-refractivity contribution in [3.05, 3.63) is 0 Å². The quantitative estimate of drug-likeness (QED) is 0.533. The van der Waals surface area contributed by atoms with Gasteiger partial charge in [0.05, 0.1) is 12.0 Å². The lowest BCUT2D eigenvalue weighted by molar-refractivity contribution is -0.130. The van der Waals surface area contributed by atoms with Crippen LogP contribution in [0.1, 0.15) is 13.8 Å². The van der Waals surface area contributed by atoms with Crippen LogP contribution in [-0.2, 0) is 9.59 Å². The molecule has 6 heteroatoms. The van der Waals surface area contributed by atoms with Gasteiger partial charge in [-0.3, -0.25) is 9.59 Å². The zero-order valence-corrected chi connectivity index (χ0v) is 8.97. The number of primary amides is 1. The summed E-state index contributed by atoms with van der Waals surface area (Å²) in [6.45, 7) is 3.13. The highest BCUT2D eigenvalue weighted by molar-refractivity contribution is 6.19. The largest absolute Gasteiger partial charge is 0.381 e. The number of carbonyl (C=O) groups excluding carboxylic acids is 2. The minimum atomic E-state index is -1.36. The number of aliphatic hydroxyl groups excluding tert-OH is 1. The van der Waals surface area contributed by atoms with Crippen LogP contribution in [0.5, 0.6) is 0 Å². The minimum Gasteiger partial charge on any atom is -0.381 e. The van der Waals surface area contributed by atoms with Crippen molar-refractivity contribution in [1.29, 1.82) is 0 Å². The number of aliphatic hydroxyl groups is 1. The maximum Gasteiger partial charge on any atom is 0.248 e. The molecule has 82 valence electrons. The molecule has 0 aliphatic carbocycles. The zero-order valence-electron chi connectivity index (χ0n) is 8.21. The number of alkyl halides is 1. The van der Waals surface area contributed by atoms with Gasteiger partial charge < -0.3 is 16.2 Å². The molecular formula is C8H15ClN2O3. The first kappa shape index (κ1) is 13.2. The molecule has 0 aliphatic rings. The number of rotatable bonds is 5. The lowest BCUT2D eigenvalue weighted by Gasteiger charge is -2.20. The number of nitrogens with one attached hydrogen (secondary N) is 1. The molecule has 0 spiro atoms. The van der Waals surface area contributed by atoms with Gasteiger partial charge in [0.15, 0.2) is 0 Å². The molecule has 5 nitrogen and oxygen atoms in total. The fraction of sp³-hybridized carbons (Fsp3) is 0.750. The zero-order chi connectivity index (χ0) is 11.4. The van der Waals surface area contributed by atoms with Crippen molar-refractivity contribution < 1.29 is 14.7 Å². The summed E-state index contributed by atoms with van der Waals surface area (Å²) < 4.78 is 0. The normalized spacial score (nSPS) is 13.4. The van der Waals surface area contributed by atoms with Gasteiger partial charge in [0.2, 0.25) is 11.8 Å². The summed E-state index contributed by atoms with van der Waals surface area (Å²) in [5, 5.41) is 11.4. The van der Waals surface area contributed by atoms with Crippen molar-refractivity contribution in [2.24, 2.45) is 11.1 Å². The first-order chi connectivity index (χ1) is 6.31. The number of hydrogen-bond acceptors (Lipinski definition) is 3. The summed E-state index contributed by atoms with van der Waals surface area (Å²) in [6, 6.07) is 0. The second-order valence-corrected chi connectivity index (χ2v) is 3.91. The van der Waals surface area contributed by atoms with Crippen LogP contribution in [0.25, 0.3) is 0 Å². The van der Waals surface area contributed by atoms with Crippen LogP contribution < -0.4 is 11.1 Å². The van der Waals surface area contributed by atoms with E-state index in [1.54, 1.807) is 13.8 Å². The summed E-state index contributed by atoms with van der Waals surface area (Å²) in [7, 11) is 0. The molecule has 1 unspecified atom stereocenters. The van der Waals surface area contributed by atoms with Crippen molar-refractivity contribution >= 4 is 23.4 Å². The third-order valence-electron chi connectivity index (χ3n) is 1.73. The molecule has 0 rings (SSSR count). The van der Waals surface area contributed by atoms with E-state index in [2.05, 4.69) is 5.32 Å². The lowest BCUT2D eigenvalue weighted by Crippen LogP contribution is -2.45. The number of amides is 2. The molecule has 0 aliphatic heterocycles. The highest BCUT2D eigenvalue weighted by Crippen LogP contribution is 2.16. The molecule has 0 fully saturated rings. The van der Waals surface area contributed by atoms with Gasteiger partial charge in [0.25, 0.3) is 0 Å². The Hall–Kier alpha value is -0.810. The van der Waals surface area contributed by atoms with E-state index in [0.717, 1.165) is 0 Å². The van der Waals surface area contributed by atoms with Crippen LogP contribution in [0.4, 0.5) is 0 Å². The van der Waals surface area contributed by atoms with Crippen molar-refractivity contribution in [3.63, 3.8) is 0 Å². The monoisotopic (exact) mass is 222 g/mol. The van der Waals surface area contributed by atoms with E-state index in [1.807, 2.05) is 0 Å². The Balaban J connectivity index is 4.03. The highest BCUT2D eigenvalue weighted by Gasteiger charge is 2.27. The van der Waals surface area contributed by atoms with Crippen LogP contribution in [0.3, 0.4) is 0 Å². The standard InChI is InChI=1S/C8H15ClN2O3/c1-8(2,4-9)7(14)11-3-5(12)6(10)13/h5,12H,3-4H2,1-2H3,(H2,10,13)(H,11,14). The lowest BCUT2D eigenvalue weighted by atomic mass is 9.95. The van der Waals surface area contributed by atoms with Gasteiger partial charge >= 0.3 is 0 Å². The summed E-state index contributed by atoms with van der Waals surface area (Å²) in [4.78, 5) is 21.8. The van der Waals surface area contributed by atoms with Crippen LogP contribution >= 0.6 is 11.6 Å². The van der Waals surface area contributed by atoms with Gasteiger partial charge in [-0.25, -0.2) is 0 Å². The van der Waals surface area contributed by atoms with E-state index in [9.17, 15) is 9.59 Å². The van der Waals surface area contributed by atoms with Crippen molar-refractivity contribution in [1.82, 2.24) is 5.32 Å². The Morgan fingerprint density at radius 1 is 1.57 bits per heavy atom. The number of carbonyl (C=O) groups is 2. The molecule has 0 radical (unpaired) electrons. The molecule has 0 bridgehead atoms. The van der Waals surface area contributed by atoms with Crippen LogP contribution in [0, 0.1) is 5.41 Å². The van der Waals surface area contributed by atoms with Crippen molar-refractivity contribution in [2.45, 2.75) is 20.0 Å². The third-order valence-corrected chi connectivity index (χ3v) is 2.40. The SMILES string of the molecule is CC(C)(CCl)C(=O)NCC(O)C(N)=O. The highest BCUT2D eigenvalue weighted by atomic mass is 35.5. The van der Waals surface area contributed by atoms with E-state index in [-0.39, 0.29) is 18.3 Å². The van der Waals surface area contributed by atoms with E-state index < -0.39 is 17.4 Å². The van der Waals surface area contributed by atoms with Crippen molar-refractivity contribution in [3.8, 4) is 0 Å². The molecular weight excluding hydrogens is 208 g/mol. The molecule has 0 saturated carbocycles. The maximum atomic E-state index is 11.4. The predicted octanol–water partition coefficient (Wildman–Crippen LogP) is -0.786. The van der Waals surface area contributed by atoms with Gasteiger partial charge in [-0.05, 0) is 13.8 Å². The Bertz CT molecular complexity index is 231. The molecule has 0 heterocycles. The first-order valence-corrected chi connectivity index (χ1v) is 4.66. The number of halogens is 1. The Labute approximate surface area is 87.6 Å². The molecule has 0 saturated heterocycles. The predicted molar refractivity (Wildman–Crippen MR) is 52.7 cm³/mol. The topological polar surface area (TPSA) is 92.4 Å². The second-order valence-electron chi connectivity index (χ2n) is 3.65. The van der Waals surface area contributed by atoms with Crippen LogP contribution in [0.2, 0.25) is 0 Å². The average Bonchev–Trinajstić information content (AvgIpc) is 2.13. The third kappa shape index (κ3) is 3.93. The minimum absolute atomic E-state index is 0.158. The summed E-state index contributed by atoms with van der Waals surface area (Å²) in [6.07, 6.45) is -1.36. The maximum absolute atomic E-state index is 11.4. The van der Waals surface area contributed by atoms with Crippen LogP contribution in [0.15, 0.2) is 0 Å². The molecule has 0 aromatic heterocycles. The fourth-order valence-electron chi connectivity index (χ4n) is 0.590. The number of hydrogen-bond donors (Lipinski definition) is 3. The van der Waals surface area contributed by atoms with Gasteiger partial charge in [-0.2, -0.15) is 0 Å². The second kappa shape index (κ2) is 5.17. The van der Waals surface area contributed by atoms with Gasteiger partial charge in [0.1, 0.15) is 6.10 Å². The van der Waals surface area contributed by atoms with Crippen LogP contribution in [-0.4, -0.2) is 35.4 Å². The van der Waals surface area contributed by atoms with Crippen molar-refractivity contribution in [2.75, 3.05) is 12.4 Å². The molecule has 4 N–H and O–H groups in total. The summed E-state index contributed by atoms with van der Waals surface area (Å²) in [5.41, 5.74) is 4.07. The summed E-state index contributed by atoms with van der Waals surface area (Å²) >= 11 is 5.55. The fourth-order valence-corrected chi connectivity index (χ4v) is 0.711. The van der Waals surface area contributed by atoms with E-state index >= 15 is 0 Å².